The number of likely N-dealkylation sites (tertiary alicyclic amines) is 1. The molecular weight excluding hydrogens is 941 g/mol. The highest BCUT2D eigenvalue weighted by molar-refractivity contribution is 5.95. The van der Waals surface area contributed by atoms with Crippen LogP contribution in [-0.4, -0.2) is 102 Å². The first-order chi connectivity index (χ1) is 35.9. The lowest BCUT2D eigenvalue weighted by Gasteiger charge is -2.59. The second kappa shape index (κ2) is 21.4. The highest BCUT2D eigenvalue weighted by Gasteiger charge is 2.58. The summed E-state index contributed by atoms with van der Waals surface area (Å²) in [6.07, 6.45) is 12.3. The van der Waals surface area contributed by atoms with Gasteiger partial charge in [0.05, 0.1) is 24.2 Å². The van der Waals surface area contributed by atoms with Crippen LogP contribution >= 0.6 is 0 Å². The second-order valence-corrected chi connectivity index (χ2v) is 25.0. The molecule has 0 unspecified atom stereocenters. The summed E-state index contributed by atoms with van der Waals surface area (Å²) in [6, 6.07) is 18.1. The van der Waals surface area contributed by atoms with E-state index in [1.807, 2.05) is 52.0 Å². The number of carbonyl (C=O) groups excluding carboxylic acids is 6. The van der Waals surface area contributed by atoms with Crippen LogP contribution in [0.25, 0.3) is 0 Å². The zero-order valence-corrected chi connectivity index (χ0v) is 45.4. The largest absolute Gasteiger partial charge is 0.347 e. The zero-order chi connectivity index (χ0) is 52.9. The van der Waals surface area contributed by atoms with Gasteiger partial charge in [-0.2, -0.15) is 0 Å². The molecule has 11 rings (SSSR count). The van der Waals surface area contributed by atoms with Gasteiger partial charge in [-0.15, -0.1) is 0 Å². The number of aryl methyl sites for hydroxylation is 2. The highest BCUT2D eigenvalue weighted by Crippen LogP contribution is 2.61. The van der Waals surface area contributed by atoms with E-state index in [4.69, 9.17) is 0 Å². The zero-order valence-electron chi connectivity index (χ0n) is 45.4. The van der Waals surface area contributed by atoms with Gasteiger partial charge in [0, 0.05) is 30.8 Å². The molecule has 6 amide bonds. The van der Waals surface area contributed by atoms with Crippen molar-refractivity contribution in [2.24, 2.45) is 28.6 Å². The molecule has 14 nitrogen and oxygen atoms in total. The molecule has 3 aromatic carbocycles. The Balaban J connectivity index is 0.987. The van der Waals surface area contributed by atoms with Crippen LogP contribution in [0.5, 0.6) is 0 Å². The van der Waals surface area contributed by atoms with E-state index >= 15 is 14.4 Å². The maximum absolute atomic E-state index is 16.0. The van der Waals surface area contributed by atoms with Crippen molar-refractivity contribution in [2.45, 2.75) is 185 Å². The Kier molecular flexibility index (Phi) is 15.1. The number of nitrogens with one attached hydrogen (secondary N) is 6. The van der Waals surface area contributed by atoms with Crippen LogP contribution in [0.2, 0.25) is 0 Å². The molecule has 3 aromatic rings. The summed E-state index contributed by atoms with van der Waals surface area (Å²) < 4.78 is 0. The van der Waals surface area contributed by atoms with Gasteiger partial charge >= 0.3 is 0 Å². The van der Waals surface area contributed by atoms with Gasteiger partial charge in [-0.1, -0.05) is 87.5 Å². The minimum absolute atomic E-state index is 0.170. The van der Waals surface area contributed by atoms with E-state index in [-0.39, 0.29) is 66.5 Å². The van der Waals surface area contributed by atoms with Crippen molar-refractivity contribution in [2.75, 3.05) is 20.6 Å². The van der Waals surface area contributed by atoms with E-state index in [0.29, 0.717) is 30.6 Å². The number of carbonyl (C=O) groups is 6. The number of hydrogen-bond donors (Lipinski definition) is 6. The van der Waals surface area contributed by atoms with Gasteiger partial charge < -0.3 is 41.7 Å². The Morgan fingerprint density at radius 1 is 0.613 bits per heavy atom. The van der Waals surface area contributed by atoms with Gasteiger partial charge in [0.1, 0.15) is 24.2 Å². The average molecular weight is 1020 g/mol. The van der Waals surface area contributed by atoms with Crippen molar-refractivity contribution in [3.63, 3.8) is 0 Å². The SMILES string of the molecule is CN[C@@H](C)C(=O)N[C@H](C(=O)N1C[C@@H](c2ccc3c(c2)CN(C(=O)[C@@H](NC(=O)[C@H](C)NC)C24CC5CC(CC(C5)C2)C4)[C@H](C(=O)N[C@@H]2CCCc4ccccc42)C3)C[C@H]1C(=O)N[C@@H]1CCCc2ccccc21)C(C)(C)C. The first-order valence-electron chi connectivity index (χ1n) is 28.4. The molecule has 1 saturated heterocycles. The maximum atomic E-state index is 16.0. The van der Waals surface area contributed by atoms with Crippen LogP contribution in [0, 0.1) is 28.6 Å². The normalized spacial score (nSPS) is 29.2. The topological polar surface area (TPSA) is 181 Å². The van der Waals surface area contributed by atoms with E-state index in [1.54, 1.807) is 30.8 Å². The van der Waals surface area contributed by atoms with Crippen LogP contribution in [0.4, 0.5) is 0 Å². The molecule has 8 aliphatic rings. The van der Waals surface area contributed by atoms with Crippen LogP contribution in [-0.2, 0) is 54.6 Å². The van der Waals surface area contributed by atoms with Gasteiger partial charge in [0.2, 0.25) is 35.4 Å². The van der Waals surface area contributed by atoms with Crippen LogP contribution in [0.15, 0.2) is 66.7 Å². The van der Waals surface area contributed by atoms with Crippen molar-refractivity contribution in [3.05, 3.63) is 106 Å². The number of hydrogen-bond acceptors (Lipinski definition) is 8. The first-order valence-corrected chi connectivity index (χ1v) is 28.4. The summed E-state index contributed by atoms with van der Waals surface area (Å²) in [5, 5.41) is 19.3. The Bertz CT molecular complexity index is 2640. The smallest absolute Gasteiger partial charge is 0.246 e. The molecule has 402 valence electrons. The summed E-state index contributed by atoms with van der Waals surface area (Å²) in [7, 11) is 3.46. The third-order valence-corrected chi connectivity index (χ3v) is 19.0. The summed E-state index contributed by atoms with van der Waals surface area (Å²) >= 11 is 0. The molecule has 5 fully saturated rings. The predicted octanol–water partition coefficient (Wildman–Crippen LogP) is 6.46. The van der Waals surface area contributed by atoms with Gasteiger partial charge in [0.25, 0.3) is 0 Å². The number of fused-ring (bicyclic) bond motifs is 3. The third kappa shape index (κ3) is 10.6. The van der Waals surface area contributed by atoms with Crippen LogP contribution in [0.3, 0.4) is 0 Å². The fraction of sp³-hybridized carbons (Fsp3) is 0.607. The van der Waals surface area contributed by atoms with E-state index in [9.17, 15) is 14.4 Å². The molecular formula is C61H82N8O6. The molecule has 9 atom stereocenters. The fourth-order valence-electron chi connectivity index (χ4n) is 15.0. The summed E-state index contributed by atoms with van der Waals surface area (Å²) in [5.41, 5.74) is 6.44. The van der Waals surface area contributed by atoms with E-state index in [0.717, 1.165) is 85.6 Å². The molecule has 14 heteroatoms. The predicted molar refractivity (Wildman–Crippen MR) is 289 cm³/mol. The van der Waals surface area contributed by atoms with Gasteiger partial charge in [0.15, 0.2) is 0 Å². The van der Waals surface area contributed by atoms with Gasteiger partial charge in [-0.3, -0.25) is 28.8 Å². The Morgan fingerprint density at radius 3 is 1.69 bits per heavy atom. The highest BCUT2D eigenvalue weighted by atomic mass is 16.2. The van der Waals surface area contributed by atoms with Crippen molar-refractivity contribution in [1.29, 1.82) is 0 Å². The summed E-state index contributed by atoms with van der Waals surface area (Å²) in [5.74, 6) is -0.115. The quantitative estimate of drug-likeness (QED) is 0.107. The van der Waals surface area contributed by atoms with E-state index < -0.39 is 47.1 Å². The van der Waals surface area contributed by atoms with E-state index in [2.05, 4.69) is 74.4 Å². The number of likely N-dealkylation sites (N-methyl/N-ethyl adjacent to an activating group) is 2. The molecule has 4 bridgehead atoms. The molecule has 4 saturated carbocycles. The number of nitrogens with zero attached hydrogens (tertiary/aromatic N) is 2. The van der Waals surface area contributed by atoms with Crippen LogP contribution in [0.1, 0.15) is 162 Å². The van der Waals surface area contributed by atoms with Crippen LogP contribution < -0.4 is 31.9 Å². The lowest BCUT2D eigenvalue weighted by atomic mass is 9.47. The molecule has 2 heterocycles. The Hall–Kier alpha value is -5.60. The molecule has 75 heavy (non-hydrogen) atoms. The molecule has 0 spiro atoms. The number of rotatable bonds is 14. The lowest BCUT2D eigenvalue weighted by Crippen LogP contribution is -2.66. The molecule has 2 aliphatic heterocycles. The minimum Gasteiger partial charge on any atom is -0.347 e. The molecule has 0 aromatic heterocycles. The molecule has 0 radical (unpaired) electrons. The second-order valence-electron chi connectivity index (χ2n) is 25.0. The molecule has 6 N–H and O–H groups in total. The number of benzene rings is 3. The average Bonchev–Trinajstić information content (AvgIpc) is 3.90. The van der Waals surface area contributed by atoms with Crippen molar-refractivity contribution in [3.8, 4) is 0 Å². The third-order valence-electron chi connectivity index (χ3n) is 19.0. The standard InChI is InChI=1S/C61H82N8O6/c1-35(62-6)54(70)66-52(60(3,4)5)58(74)68-34-45(29-51(68)57(73)65-49-21-13-17-41-15-9-11-19-47(41)49)42-22-23-43-28-50(56(72)64-48-20-12-16-40-14-8-10-18-46(40)48)69(33-44(43)27-42)59(75)53(67-55(71)36(2)63-7)61-30-37-24-38(31-61)26-39(25-37)32-61/h8-11,14-15,18-19,22-23,27,35-39,45,48-53,62-63H,12-13,16-17,20-21,24-26,28-34H2,1-7H3,(H,64,72)(H,65,73)(H,66,70)(H,67,71)/t35-,36-,37?,38?,39?,45-,48+,49+,50-,51-,52+,53+,61?/m0/s1. The monoisotopic (exact) mass is 1020 g/mol. The Labute approximate surface area is 444 Å². The van der Waals surface area contributed by atoms with Crippen molar-refractivity contribution >= 4 is 35.4 Å². The summed E-state index contributed by atoms with van der Waals surface area (Å²) in [4.78, 5) is 92.0. The maximum Gasteiger partial charge on any atom is 0.246 e. The van der Waals surface area contributed by atoms with E-state index in [1.165, 1.54) is 30.4 Å². The summed E-state index contributed by atoms with van der Waals surface area (Å²) in [6.45, 7) is 9.78. The van der Waals surface area contributed by atoms with Gasteiger partial charge in [-0.05, 0) is 174 Å². The van der Waals surface area contributed by atoms with Crippen molar-refractivity contribution < 1.29 is 28.8 Å². The lowest BCUT2D eigenvalue weighted by molar-refractivity contribution is -0.155. The fourth-order valence-corrected chi connectivity index (χ4v) is 15.0. The van der Waals surface area contributed by atoms with Crippen molar-refractivity contribution in [1.82, 2.24) is 41.7 Å². The molecule has 6 aliphatic carbocycles. The Morgan fingerprint density at radius 2 is 1.15 bits per heavy atom. The van der Waals surface area contributed by atoms with Gasteiger partial charge in [-0.25, -0.2) is 0 Å². The number of amides is 6. The minimum atomic E-state index is -0.906. The first kappa shape index (κ1) is 52.8.